The van der Waals surface area contributed by atoms with Crippen molar-refractivity contribution in [3.8, 4) is 5.75 Å². The number of aryl methyl sites for hydroxylation is 2. The Morgan fingerprint density at radius 2 is 1.48 bits per heavy atom. The molecule has 0 spiro atoms. The molecule has 0 unspecified atom stereocenters. The second kappa shape index (κ2) is 12.9. The van der Waals surface area contributed by atoms with E-state index in [1.807, 2.05) is 72.8 Å². The number of anilines is 2. The molecule has 4 aromatic rings. The van der Waals surface area contributed by atoms with Gasteiger partial charge in [-0.3, -0.25) is 13.9 Å². The Morgan fingerprint density at radius 1 is 0.795 bits per heavy atom. The van der Waals surface area contributed by atoms with Gasteiger partial charge < -0.3 is 15.0 Å². The predicted molar refractivity (Wildman–Crippen MR) is 170 cm³/mol. The molecule has 1 N–H and O–H groups in total. The summed E-state index contributed by atoms with van der Waals surface area (Å²) in [6.45, 7) is 1.03. The average molecular weight is 610 g/mol. The van der Waals surface area contributed by atoms with Gasteiger partial charge in [-0.25, -0.2) is 8.42 Å². The minimum Gasteiger partial charge on any atom is -0.477 e. The summed E-state index contributed by atoms with van der Waals surface area (Å²) in [4.78, 5) is 28.3. The maximum Gasteiger partial charge on any atom is 0.264 e. The Bertz CT molecular complexity index is 1740. The molecule has 0 saturated heterocycles. The first kappa shape index (κ1) is 29.4. The van der Waals surface area contributed by atoms with Crippen LogP contribution in [0.4, 0.5) is 11.4 Å². The summed E-state index contributed by atoms with van der Waals surface area (Å²) >= 11 is 0. The zero-order chi connectivity index (χ0) is 30.5. The van der Waals surface area contributed by atoms with E-state index in [1.165, 1.54) is 4.31 Å². The van der Waals surface area contributed by atoms with Gasteiger partial charge in [-0.05, 0) is 72.7 Å². The van der Waals surface area contributed by atoms with Crippen molar-refractivity contribution >= 4 is 33.2 Å². The molecule has 0 saturated carbocycles. The van der Waals surface area contributed by atoms with Crippen molar-refractivity contribution in [2.75, 3.05) is 28.8 Å². The molecule has 0 aromatic heterocycles. The predicted octanol–water partition coefficient (Wildman–Crippen LogP) is 4.91. The summed E-state index contributed by atoms with van der Waals surface area (Å²) in [6, 6.07) is 31.5. The van der Waals surface area contributed by atoms with E-state index in [0.717, 1.165) is 35.2 Å². The molecule has 2 amide bonds. The van der Waals surface area contributed by atoms with Gasteiger partial charge in [0.05, 0.1) is 22.8 Å². The van der Waals surface area contributed by atoms with Crippen LogP contribution in [-0.4, -0.2) is 46.0 Å². The van der Waals surface area contributed by atoms with Crippen molar-refractivity contribution < 1.29 is 22.7 Å². The van der Waals surface area contributed by atoms with Gasteiger partial charge in [-0.15, -0.1) is 0 Å². The number of carbonyl (C=O) groups excluding carboxylic acids is 2. The molecule has 0 radical (unpaired) electrons. The standard InChI is InChI=1S/C35H35N3O5S/c39-34(21-18-27-16-19-29(20-17-27)44(41,42)38-24-8-12-28-11-4-5-13-30(28)38)37-25-33(43-32-15-7-6-14-31(32)37)35(40)36-23-22-26-9-2-1-3-10-26/h1-7,9-11,13-17,19-20,33H,8,12,18,21-25H2,(H,36,40)/t33-/m0/s1. The Balaban J connectivity index is 1.09. The quantitative estimate of drug-likeness (QED) is 0.291. The van der Waals surface area contributed by atoms with Crippen LogP contribution in [0.3, 0.4) is 0 Å². The van der Waals surface area contributed by atoms with Crippen molar-refractivity contribution in [3.05, 3.63) is 120 Å². The molecule has 226 valence electrons. The van der Waals surface area contributed by atoms with Gasteiger partial charge in [-0.1, -0.05) is 72.8 Å². The number of fused-ring (bicyclic) bond motifs is 2. The van der Waals surface area contributed by atoms with Gasteiger partial charge in [0.2, 0.25) is 5.91 Å². The van der Waals surface area contributed by atoms with Crippen LogP contribution in [0.1, 0.15) is 29.5 Å². The van der Waals surface area contributed by atoms with Crippen LogP contribution in [-0.2, 0) is 38.9 Å². The van der Waals surface area contributed by atoms with E-state index in [2.05, 4.69) is 5.32 Å². The number of nitrogens with zero attached hydrogens (tertiary/aromatic N) is 2. The lowest BCUT2D eigenvalue weighted by Crippen LogP contribution is -2.51. The monoisotopic (exact) mass is 609 g/mol. The summed E-state index contributed by atoms with van der Waals surface area (Å²) in [5.41, 5.74) is 4.39. The number of rotatable bonds is 9. The highest BCUT2D eigenvalue weighted by molar-refractivity contribution is 7.92. The van der Waals surface area contributed by atoms with Gasteiger partial charge >= 0.3 is 0 Å². The Labute approximate surface area is 258 Å². The molecular weight excluding hydrogens is 574 g/mol. The molecule has 2 aliphatic heterocycles. The lowest BCUT2D eigenvalue weighted by molar-refractivity contribution is -0.128. The number of nitrogens with one attached hydrogen (secondary N) is 1. The fourth-order valence-corrected chi connectivity index (χ4v) is 7.33. The van der Waals surface area contributed by atoms with E-state index < -0.39 is 16.1 Å². The van der Waals surface area contributed by atoms with Crippen molar-refractivity contribution in [3.63, 3.8) is 0 Å². The maximum atomic E-state index is 13.5. The number of sulfonamides is 1. The van der Waals surface area contributed by atoms with E-state index in [1.54, 1.807) is 35.2 Å². The largest absolute Gasteiger partial charge is 0.477 e. The van der Waals surface area contributed by atoms with E-state index in [-0.39, 0.29) is 29.7 Å². The molecule has 0 bridgehead atoms. The van der Waals surface area contributed by atoms with Crippen molar-refractivity contribution in [1.29, 1.82) is 0 Å². The van der Waals surface area contributed by atoms with Crippen LogP contribution in [0, 0.1) is 0 Å². The molecule has 6 rings (SSSR count). The van der Waals surface area contributed by atoms with Crippen LogP contribution in [0.15, 0.2) is 108 Å². The fourth-order valence-electron chi connectivity index (χ4n) is 5.79. The van der Waals surface area contributed by atoms with Gasteiger partial charge in [-0.2, -0.15) is 0 Å². The molecule has 1 atom stereocenters. The maximum absolute atomic E-state index is 13.5. The molecule has 4 aromatic carbocycles. The first-order chi connectivity index (χ1) is 21.4. The highest BCUT2D eigenvalue weighted by Gasteiger charge is 2.33. The molecule has 2 heterocycles. The lowest BCUT2D eigenvalue weighted by atomic mass is 10.0. The highest BCUT2D eigenvalue weighted by atomic mass is 32.2. The smallest absolute Gasteiger partial charge is 0.264 e. The zero-order valence-corrected chi connectivity index (χ0v) is 25.2. The number of benzene rings is 4. The van der Waals surface area contributed by atoms with E-state index in [0.29, 0.717) is 37.4 Å². The fraction of sp³-hybridized carbons (Fsp3) is 0.257. The summed E-state index contributed by atoms with van der Waals surface area (Å²) in [5.74, 6) is 0.0926. The second-order valence-electron chi connectivity index (χ2n) is 11.1. The molecule has 2 aliphatic rings. The molecule has 8 nitrogen and oxygen atoms in total. The first-order valence-corrected chi connectivity index (χ1v) is 16.4. The van der Waals surface area contributed by atoms with E-state index in [4.69, 9.17) is 4.74 Å². The lowest BCUT2D eigenvalue weighted by Gasteiger charge is -2.34. The normalized spacial score (nSPS) is 16.0. The number of hydrogen-bond donors (Lipinski definition) is 1. The molecular formula is C35H35N3O5S. The number of carbonyl (C=O) groups is 2. The molecule has 0 aliphatic carbocycles. The van der Waals surface area contributed by atoms with Gasteiger partial charge in [0.25, 0.3) is 15.9 Å². The van der Waals surface area contributed by atoms with Crippen LogP contribution < -0.4 is 19.3 Å². The topological polar surface area (TPSA) is 96.0 Å². The molecule has 44 heavy (non-hydrogen) atoms. The number of hydrogen-bond acceptors (Lipinski definition) is 5. The SMILES string of the molecule is O=C(NCCc1ccccc1)[C@@H]1CN(C(=O)CCc2ccc(S(=O)(=O)N3CCCc4ccccc43)cc2)c2ccccc2O1. The first-order valence-electron chi connectivity index (χ1n) is 15.0. The number of amides is 2. The van der Waals surface area contributed by atoms with Gasteiger partial charge in [0, 0.05) is 19.5 Å². The third-order valence-electron chi connectivity index (χ3n) is 8.13. The Kier molecular flexibility index (Phi) is 8.65. The van der Waals surface area contributed by atoms with E-state index in [9.17, 15) is 18.0 Å². The third-order valence-corrected chi connectivity index (χ3v) is 9.96. The Morgan fingerprint density at radius 3 is 2.27 bits per heavy atom. The van der Waals surface area contributed by atoms with Crippen LogP contribution in [0.5, 0.6) is 5.75 Å². The summed E-state index contributed by atoms with van der Waals surface area (Å²) in [5, 5.41) is 2.94. The highest BCUT2D eigenvalue weighted by Crippen LogP contribution is 2.34. The summed E-state index contributed by atoms with van der Waals surface area (Å²) < 4.78 is 34.5. The summed E-state index contributed by atoms with van der Waals surface area (Å²) in [6.07, 6.45) is 2.14. The molecule has 0 fully saturated rings. The minimum absolute atomic E-state index is 0.113. The van der Waals surface area contributed by atoms with Crippen LogP contribution in [0.2, 0.25) is 0 Å². The van der Waals surface area contributed by atoms with Crippen LogP contribution in [0.25, 0.3) is 0 Å². The molecule has 9 heteroatoms. The van der Waals surface area contributed by atoms with Gasteiger partial charge in [0.15, 0.2) is 6.10 Å². The zero-order valence-electron chi connectivity index (χ0n) is 24.4. The van der Waals surface area contributed by atoms with E-state index >= 15 is 0 Å². The number of ether oxygens (including phenoxy) is 1. The third kappa shape index (κ3) is 6.33. The summed E-state index contributed by atoms with van der Waals surface area (Å²) in [7, 11) is -3.70. The average Bonchev–Trinajstić information content (AvgIpc) is 3.07. The van der Waals surface area contributed by atoms with Crippen molar-refractivity contribution in [2.24, 2.45) is 0 Å². The second-order valence-corrected chi connectivity index (χ2v) is 12.9. The van der Waals surface area contributed by atoms with Crippen molar-refractivity contribution in [1.82, 2.24) is 5.32 Å². The van der Waals surface area contributed by atoms with Crippen LogP contribution >= 0.6 is 0 Å². The number of para-hydroxylation sites is 3. The Hall–Kier alpha value is -4.63. The van der Waals surface area contributed by atoms with Gasteiger partial charge in [0.1, 0.15) is 5.75 Å². The van der Waals surface area contributed by atoms with Crippen molar-refractivity contribution in [2.45, 2.75) is 43.1 Å². The minimum atomic E-state index is -3.70.